The zero-order valence-electron chi connectivity index (χ0n) is 11.8. The van der Waals surface area contributed by atoms with Crippen molar-refractivity contribution in [2.24, 2.45) is 5.73 Å². The van der Waals surface area contributed by atoms with Crippen molar-refractivity contribution in [3.63, 3.8) is 0 Å². The molecule has 0 aromatic heterocycles. The van der Waals surface area contributed by atoms with Crippen molar-refractivity contribution in [2.45, 2.75) is 11.8 Å². The monoisotopic (exact) mass is 314 g/mol. The molecule has 22 heavy (non-hydrogen) atoms. The van der Waals surface area contributed by atoms with Crippen LogP contribution in [0.5, 0.6) is 0 Å². The van der Waals surface area contributed by atoms with Gasteiger partial charge in [-0.05, 0) is 25.1 Å². The first-order valence-corrected chi connectivity index (χ1v) is 8.12. The molecule has 1 heterocycles. The maximum atomic E-state index is 12.5. The van der Waals surface area contributed by atoms with Crippen LogP contribution in [0, 0.1) is 6.92 Å². The highest BCUT2D eigenvalue weighted by Crippen LogP contribution is 2.39. The number of hydrogen-bond acceptors (Lipinski definition) is 4. The topological polar surface area (TPSA) is 89.3 Å². The first-order chi connectivity index (χ1) is 10.4. The number of anilines is 1. The van der Waals surface area contributed by atoms with Gasteiger partial charge >= 0.3 is 0 Å². The maximum absolute atomic E-state index is 12.5. The van der Waals surface area contributed by atoms with Crippen LogP contribution >= 0.6 is 0 Å². The van der Waals surface area contributed by atoms with E-state index < -0.39 is 20.6 Å². The second-order valence-corrected chi connectivity index (χ2v) is 6.91. The molecule has 112 valence electrons. The van der Waals surface area contributed by atoms with Crippen molar-refractivity contribution in [3.8, 4) is 0 Å². The molecule has 0 bridgehead atoms. The Morgan fingerprint density at radius 3 is 2.32 bits per heavy atom. The third kappa shape index (κ3) is 2.17. The van der Waals surface area contributed by atoms with Crippen LogP contribution in [-0.2, 0) is 14.6 Å². The van der Waals surface area contributed by atoms with Crippen molar-refractivity contribution in [2.75, 3.05) is 5.32 Å². The maximum Gasteiger partial charge on any atom is 0.262 e. The Labute approximate surface area is 128 Å². The number of fused-ring (bicyclic) bond motifs is 1. The van der Waals surface area contributed by atoms with Gasteiger partial charge in [0.15, 0.2) is 4.91 Å². The zero-order valence-corrected chi connectivity index (χ0v) is 12.6. The Morgan fingerprint density at radius 2 is 1.68 bits per heavy atom. The minimum absolute atomic E-state index is 0.0958. The van der Waals surface area contributed by atoms with Crippen LogP contribution < -0.4 is 11.1 Å². The minimum atomic E-state index is -3.88. The molecule has 2 aromatic carbocycles. The van der Waals surface area contributed by atoms with Crippen LogP contribution in [0.25, 0.3) is 5.70 Å². The van der Waals surface area contributed by atoms with E-state index in [1.807, 2.05) is 31.2 Å². The number of nitrogens with two attached hydrogens (primary N) is 1. The SMILES string of the molecule is Cc1ccc(NC2=C(C(N)=O)S(=O)(=O)c3ccccc32)cc1. The number of benzene rings is 2. The molecule has 0 atom stereocenters. The largest absolute Gasteiger partial charge is 0.365 e. The number of hydrogen-bond donors (Lipinski definition) is 2. The van der Waals surface area contributed by atoms with Gasteiger partial charge in [0.25, 0.3) is 5.91 Å². The molecule has 3 rings (SSSR count). The van der Waals surface area contributed by atoms with Gasteiger partial charge in [0, 0.05) is 11.3 Å². The molecule has 5 nitrogen and oxygen atoms in total. The van der Waals surface area contributed by atoms with Gasteiger partial charge in [-0.15, -0.1) is 0 Å². The number of primary amides is 1. The number of sulfone groups is 1. The summed E-state index contributed by atoms with van der Waals surface area (Å²) in [5.74, 6) is -0.967. The van der Waals surface area contributed by atoms with E-state index in [9.17, 15) is 13.2 Å². The molecule has 0 saturated carbocycles. The summed E-state index contributed by atoms with van der Waals surface area (Å²) in [6, 6.07) is 13.9. The number of carbonyl (C=O) groups is 1. The van der Waals surface area contributed by atoms with Crippen molar-refractivity contribution in [1.29, 1.82) is 0 Å². The first kappa shape index (κ1) is 14.3. The van der Waals surface area contributed by atoms with E-state index in [0.717, 1.165) is 5.56 Å². The summed E-state index contributed by atoms with van der Waals surface area (Å²) in [6.07, 6.45) is 0. The predicted molar refractivity (Wildman–Crippen MR) is 84.5 cm³/mol. The third-order valence-electron chi connectivity index (χ3n) is 3.49. The number of amides is 1. The summed E-state index contributed by atoms with van der Waals surface area (Å²) in [6.45, 7) is 1.95. The van der Waals surface area contributed by atoms with Gasteiger partial charge in [0.05, 0.1) is 10.6 Å². The van der Waals surface area contributed by atoms with E-state index in [2.05, 4.69) is 5.32 Å². The van der Waals surface area contributed by atoms with Gasteiger partial charge < -0.3 is 11.1 Å². The van der Waals surface area contributed by atoms with E-state index in [0.29, 0.717) is 11.3 Å². The van der Waals surface area contributed by atoms with Crippen molar-refractivity contribution >= 4 is 27.1 Å². The van der Waals surface area contributed by atoms with Crippen LogP contribution in [0.4, 0.5) is 5.69 Å². The van der Waals surface area contributed by atoms with Gasteiger partial charge in [0.1, 0.15) is 0 Å². The van der Waals surface area contributed by atoms with Crippen molar-refractivity contribution < 1.29 is 13.2 Å². The molecule has 1 aliphatic heterocycles. The Morgan fingerprint density at radius 1 is 1.05 bits per heavy atom. The first-order valence-electron chi connectivity index (χ1n) is 6.63. The average molecular weight is 314 g/mol. The van der Waals surface area contributed by atoms with Gasteiger partial charge in [0.2, 0.25) is 9.84 Å². The van der Waals surface area contributed by atoms with Gasteiger partial charge in [-0.25, -0.2) is 8.42 Å². The molecule has 0 unspecified atom stereocenters. The lowest BCUT2D eigenvalue weighted by Crippen LogP contribution is -2.20. The standard InChI is InChI=1S/C16H14N2O3S/c1-10-6-8-11(9-7-10)18-14-12-4-2-3-5-13(12)22(20,21)15(14)16(17)19/h2-9,18H,1H3,(H2,17,19). The second-order valence-electron chi connectivity index (χ2n) is 5.06. The minimum Gasteiger partial charge on any atom is -0.365 e. The summed E-state index contributed by atoms with van der Waals surface area (Å²) in [7, 11) is -3.88. The Hall–Kier alpha value is -2.60. The fourth-order valence-electron chi connectivity index (χ4n) is 2.44. The summed E-state index contributed by atoms with van der Waals surface area (Å²) < 4.78 is 25.0. The number of rotatable bonds is 3. The lowest BCUT2D eigenvalue weighted by molar-refractivity contribution is -0.113. The molecule has 0 fully saturated rings. The number of nitrogens with one attached hydrogen (secondary N) is 1. The second kappa shape index (κ2) is 4.99. The summed E-state index contributed by atoms with van der Waals surface area (Å²) in [5.41, 5.74) is 7.75. The molecular weight excluding hydrogens is 300 g/mol. The molecule has 0 spiro atoms. The van der Waals surface area contributed by atoms with E-state index >= 15 is 0 Å². The molecule has 1 aliphatic rings. The van der Waals surface area contributed by atoms with Gasteiger partial charge in [-0.3, -0.25) is 4.79 Å². The molecular formula is C16H14N2O3S. The number of carbonyl (C=O) groups excluding carboxylic acids is 1. The van der Waals surface area contributed by atoms with Crippen LogP contribution in [0.15, 0.2) is 58.3 Å². The predicted octanol–water partition coefficient (Wildman–Crippen LogP) is 2.05. The van der Waals surface area contributed by atoms with Crippen LogP contribution in [-0.4, -0.2) is 14.3 Å². The van der Waals surface area contributed by atoms with Crippen LogP contribution in [0.2, 0.25) is 0 Å². The lowest BCUT2D eigenvalue weighted by atomic mass is 10.1. The highest BCUT2D eigenvalue weighted by Gasteiger charge is 2.38. The molecule has 3 N–H and O–H groups in total. The van der Waals surface area contributed by atoms with Gasteiger partial charge in [-0.1, -0.05) is 35.9 Å². The van der Waals surface area contributed by atoms with E-state index in [4.69, 9.17) is 5.73 Å². The highest BCUT2D eigenvalue weighted by molar-refractivity contribution is 7.97. The molecule has 2 aromatic rings. The van der Waals surface area contributed by atoms with E-state index in [1.54, 1.807) is 18.2 Å². The summed E-state index contributed by atoms with van der Waals surface area (Å²) in [4.78, 5) is 11.4. The lowest BCUT2D eigenvalue weighted by Gasteiger charge is -2.09. The average Bonchev–Trinajstić information content (AvgIpc) is 2.70. The third-order valence-corrected chi connectivity index (χ3v) is 5.36. The normalized spacial score (nSPS) is 15.5. The van der Waals surface area contributed by atoms with Crippen molar-refractivity contribution in [3.05, 3.63) is 64.6 Å². The molecule has 0 aliphatic carbocycles. The fourth-order valence-corrected chi connectivity index (χ4v) is 4.07. The van der Waals surface area contributed by atoms with Crippen LogP contribution in [0.1, 0.15) is 11.1 Å². The summed E-state index contributed by atoms with van der Waals surface area (Å²) >= 11 is 0. The molecule has 1 amide bonds. The Kier molecular flexibility index (Phi) is 3.26. The van der Waals surface area contributed by atoms with E-state index in [-0.39, 0.29) is 10.6 Å². The molecule has 0 radical (unpaired) electrons. The highest BCUT2D eigenvalue weighted by atomic mass is 32.2. The Balaban J connectivity index is 2.19. The van der Waals surface area contributed by atoms with Gasteiger partial charge in [-0.2, -0.15) is 0 Å². The fraction of sp³-hybridized carbons (Fsp3) is 0.0625. The summed E-state index contributed by atoms with van der Waals surface area (Å²) in [5, 5.41) is 3.01. The van der Waals surface area contributed by atoms with E-state index in [1.165, 1.54) is 6.07 Å². The molecule has 6 heteroatoms. The number of aryl methyl sites for hydroxylation is 1. The Bertz CT molecular complexity index is 897. The quantitative estimate of drug-likeness (QED) is 0.907. The zero-order chi connectivity index (χ0) is 15.9. The smallest absolute Gasteiger partial charge is 0.262 e. The van der Waals surface area contributed by atoms with Crippen molar-refractivity contribution in [1.82, 2.24) is 0 Å². The molecule has 0 saturated heterocycles. The van der Waals surface area contributed by atoms with Crippen LogP contribution in [0.3, 0.4) is 0 Å².